The minimum Gasteiger partial charge on any atom is -0.492 e. The van der Waals surface area contributed by atoms with Crippen LogP contribution in [0.4, 0.5) is 5.69 Å². The standard InChI is InChI=1S/C29H40BrN3O5S/c1-4-38-27-17-9-8-16-26(27)33(39(3,36)37)19-11-18-28(34)32(21-23-12-10-13-24(30)20-23)22(2)29(35)31-25-14-6-5-7-15-25/h8-10,12-13,16-17,20,22,25H,4-7,11,14-15,18-19,21H2,1-3H3,(H,31,35). The molecule has 0 spiro atoms. The summed E-state index contributed by atoms with van der Waals surface area (Å²) in [6, 6.07) is 14.1. The number of para-hydroxylation sites is 2. The molecule has 1 atom stereocenters. The topological polar surface area (TPSA) is 96.0 Å². The summed E-state index contributed by atoms with van der Waals surface area (Å²) in [7, 11) is -3.62. The number of nitrogens with zero attached hydrogens (tertiary/aromatic N) is 2. The average Bonchev–Trinajstić information content (AvgIpc) is 2.90. The van der Waals surface area contributed by atoms with Crippen molar-refractivity contribution >= 4 is 43.5 Å². The van der Waals surface area contributed by atoms with E-state index in [4.69, 9.17) is 4.74 Å². The average molecular weight is 623 g/mol. The summed E-state index contributed by atoms with van der Waals surface area (Å²) in [5, 5.41) is 3.14. The first kappa shape index (κ1) is 30.9. The molecule has 0 bridgehead atoms. The molecule has 39 heavy (non-hydrogen) atoms. The van der Waals surface area contributed by atoms with E-state index in [0.717, 1.165) is 42.0 Å². The Morgan fingerprint density at radius 1 is 1.10 bits per heavy atom. The minimum atomic E-state index is -3.62. The van der Waals surface area contributed by atoms with Crippen molar-refractivity contribution in [3.8, 4) is 5.75 Å². The maximum absolute atomic E-state index is 13.5. The summed E-state index contributed by atoms with van der Waals surface area (Å²) in [5.74, 6) is 0.113. The highest BCUT2D eigenvalue weighted by Gasteiger charge is 2.29. The zero-order chi connectivity index (χ0) is 28.4. The van der Waals surface area contributed by atoms with Crippen LogP contribution in [0.1, 0.15) is 64.4 Å². The van der Waals surface area contributed by atoms with Crippen molar-refractivity contribution in [1.82, 2.24) is 10.2 Å². The molecule has 0 aliphatic heterocycles. The van der Waals surface area contributed by atoms with Gasteiger partial charge in [0.1, 0.15) is 11.8 Å². The monoisotopic (exact) mass is 621 g/mol. The molecule has 2 amide bonds. The number of benzene rings is 2. The SMILES string of the molecule is CCOc1ccccc1N(CCCC(=O)N(Cc1cccc(Br)c1)C(C)C(=O)NC1CCCCC1)S(C)(=O)=O. The van der Waals surface area contributed by atoms with E-state index in [0.29, 0.717) is 18.0 Å². The van der Waals surface area contributed by atoms with Crippen LogP contribution in [-0.2, 0) is 26.2 Å². The van der Waals surface area contributed by atoms with Crippen molar-refractivity contribution in [2.75, 3.05) is 23.7 Å². The number of sulfonamides is 1. The maximum atomic E-state index is 13.5. The number of amides is 2. The van der Waals surface area contributed by atoms with Crippen LogP contribution >= 0.6 is 15.9 Å². The molecule has 0 radical (unpaired) electrons. The Kier molecular flexibility index (Phi) is 11.7. The van der Waals surface area contributed by atoms with E-state index in [-0.39, 0.29) is 43.8 Å². The Bertz CT molecular complexity index is 1220. The third kappa shape index (κ3) is 9.24. The predicted octanol–water partition coefficient (Wildman–Crippen LogP) is 5.26. The van der Waals surface area contributed by atoms with Crippen molar-refractivity contribution in [2.45, 2.75) is 77.4 Å². The fraction of sp³-hybridized carbons (Fsp3) is 0.517. The van der Waals surface area contributed by atoms with E-state index < -0.39 is 16.1 Å². The van der Waals surface area contributed by atoms with Crippen LogP contribution in [-0.4, -0.2) is 56.6 Å². The van der Waals surface area contributed by atoms with Gasteiger partial charge in [-0.3, -0.25) is 13.9 Å². The van der Waals surface area contributed by atoms with Crippen molar-refractivity contribution in [1.29, 1.82) is 0 Å². The summed E-state index contributed by atoms with van der Waals surface area (Å²) in [5.41, 5.74) is 1.35. The predicted molar refractivity (Wildman–Crippen MR) is 158 cm³/mol. The molecule has 8 nitrogen and oxygen atoms in total. The van der Waals surface area contributed by atoms with Gasteiger partial charge >= 0.3 is 0 Å². The van der Waals surface area contributed by atoms with Crippen LogP contribution in [0.25, 0.3) is 0 Å². The van der Waals surface area contributed by atoms with Crippen molar-refractivity contribution < 1.29 is 22.7 Å². The largest absolute Gasteiger partial charge is 0.492 e. The normalized spacial score (nSPS) is 14.9. The van der Waals surface area contributed by atoms with E-state index in [9.17, 15) is 18.0 Å². The van der Waals surface area contributed by atoms with E-state index in [2.05, 4.69) is 21.2 Å². The first-order valence-electron chi connectivity index (χ1n) is 13.6. The number of ether oxygens (including phenoxy) is 1. The fourth-order valence-electron chi connectivity index (χ4n) is 4.91. The van der Waals surface area contributed by atoms with Crippen molar-refractivity contribution in [3.63, 3.8) is 0 Å². The molecule has 2 aromatic carbocycles. The molecule has 0 heterocycles. The molecular weight excluding hydrogens is 582 g/mol. The molecule has 10 heteroatoms. The zero-order valence-electron chi connectivity index (χ0n) is 23.1. The van der Waals surface area contributed by atoms with Crippen LogP contribution in [0, 0.1) is 0 Å². The number of carbonyl (C=O) groups is 2. The lowest BCUT2D eigenvalue weighted by Gasteiger charge is -2.31. The van der Waals surface area contributed by atoms with E-state index >= 15 is 0 Å². The molecule has 2 aromatic rings. The molecule has 1 fully saturated rings. The molecule has 1 N–H and O–H groups in total. The van der Waals surface area contributed by atoms with E-state index in [1.54, 1.807) is 36.1 Å². The summed E-state index contributed by atoms with van der Waals surface area (Å²) < 4.78 is 33.2. The Morgan fingerprint density at radius 3 is 2.49 bits per heavy atom. The smallest absolute Gasteiger partial charge is 0.242 e. The maximum Gasteiger partial charge on any atom is 0.242 e. The molecule has 1 saturated carbocycles. The summed E-state index contributed by atoms with van der Waals surface area (Å²) in [4.78, 5) is 28.3. The van der Waals surface area contributed by atoms with Gasteiger partial charge in [0, 0.05) is 30.0 Å². The second-order valence-electron chi connectivity index (χ2n) is 10.0. The lowest BCUT2D eigenvalue weighted by Crippen LogP contribution is -2.50. The second-order valence-corrected chi connectivity index (χ2v) is 12.8. The van der Waals surface area contributed by atoms with E-state index in [1.165, 1.54) is 10.7 Å². The summed E-state index contributed by atoms with van der Waals surface area (Å²) >= 11 is 3.48. The first-order chi connectivity index (χ1) is 18.6. The number of anilines is 1. The second kappa shape index (κ2) is 14.7. The molecule has 3 rings (SSSR count). The van der Waals surface area contributed by atoms with Gasteiger partial charge < -0.3 is 15.0 Å². The Labute approximate surface area is 241 Å². The fourth-order valence-corrected chi connectivity index (χ4v) is 6.32. The van der Waals surface area contributed by atoms with Gasteiger partial charge in [-0.05, 0) is 62.9 Å². The summed E-state index contributed by atoms with van der Waals surface area (Å²) in [6.07, 6.45) is 6.84. The number of hydrogen-bond acceptors (Lipinski definition) is 5. The third-order valence-electron chi connectivity index (χ3n) is 6.95. The van der Waals surface area contributed by atoms with Gasteiger partial charge in [-0.25, -0.2) is 8.42 Å². The van der Waals surface area contributed by atoms with E-state index in [1.807, 2.05) is 31.2 Å². The minimum absolute atomic E-state index is 0.0951. The third-order valence-corrected chi connectivity index (χ3v) is 8.62. The number of rotatable bonds is 13. The number of halogens is 1. The molecule has 0 saturated heterocycles. The molecule has 1 unspecified atom stereocenters. The van der Waals surface area contributed by atoms with Gasteiger partial charge in [0.25, 0.3) is 0 Å². The number of hydrogen-bond donors (Lipinski definition) is 1. The number of carbonyl (C=O) groups excluding carboxylic acids is 2. The lowest BCUT2D eigenvalue weighted by molar-refractivity contribution is -0.141. The van der Waals surface area contributed by atoms with Crippen LogP contribution in [0.5, 0.6) is 5.75 Å². The lowest BCUT2D eigenvalue weighted by atomic mass is 9.95. The van der Waals surface area contributed by atoms with Crippen molar-refractivity contribution in [2.24, 2.45) is 0 Å². The molecule has 1 aliphatic rings. The zero-order valence-corrected chi connectivity index (χ0v) is 25.5. The van der Waals surface area contributed by atoms with Crippen LogP contribution < -0.4 is 14.4 Å². The molecule has 1 aliphatic carbocycles. The Hall–Kier alpha value is -2.59. The van der Waals surface area contributed by atoms with Crippen LogP contribution in [0.15, 0.2) is 53.0 Å². The molecule has 214 valence electrons. The Morgan fingerprint density at radius 2 is 1.82 bits per heavy atom. The van der Waals surface area contributed by atoms with Gasteiger partial charge in [-0.1, -0.05) is 59.5 Å². The van der Waals surface area contributed by atoms with Crippen molar-refractivity contribution in [3.05, 3.63) is 58.6 Å². The molecular formula is C29H40BrN3O5S. The van der Waals surface area contributed by atoms with Gasteiger partial charge in [-0.15, -0.1) is 0 Å². The number of nitrogens with one attached hydrogen (secondary N) is 1. The van der Waals surface area contributed by atoms with Gasteiger partial charge in [0.05, 0.1) is 18.6 Å². The van der Waals surface area contributed by atoms with Gasteiger partial charge in [0.15, 0.2) is 0 Å². The van der Waals surface area contributed by atoms with Gasteiger partial charge in [0.2, 0.25) is 21.8 Å². The van der Waals surface area contributed by atoms with Gasteiger partial charge in [-0.2, -0.15) is 0 Å². The van der Waals surface area contributed by atoms with Crippen LogP contribution in [0.2, 0.25) is 0 Å². The quantitative estimate of drug-likeness (QED) is 0.329. The highest BCUT2D eigenvalue weighted by molar-refractivity contribution is 9.10. The highest BCUT2D eigenvalue weighted by atomic mass is 79.9. The van der Waals surface area contributed by atoms with Crippen LogP contribution in [0.3, 0.4) is 0 Å². The Balaban J connectivity index is 1.74. The first-order valence-corrected chi connectivity index (χ1v) is 16.3. The molecule has 0 aromatic heterocycles. The summed E-state index contributed by atoms with van der Waals surface area (Å²) in [6.45, 7) is 4.39. The highest BCUT2D eigenvalue weighted by Crippen LogP contribution is 2.30.